The third kappa shape index (κ3) is 1.73. The minimum absolute atomic E-state index is 0.0105. The molecule has 104 valence electrons. The van der Waals surface area contributed by atoms with E-state index < -0.39 is 17.5 Å². The predicted molar refractivity (Wildman–Crippen MR) is 61.9 cm³/mol. The Labute approximate surface area is 112 Å². The average Bonchev–Trinajstić information content (AvgIpc) is 2.88. The van der Waals surface area contributed by atoms with Crippen molar-refractivity contribution in [1.82, 2.24) is 15.5 Å². The largest absolute Gasteiger partial charge is 0.337 e. The van der Waals surface area contributed by atoms with Crippen molar-refractivity contribution >= 4 is 0 Å². The second-order valence-electron chi connectivity index (χ2n) is 5.26. The molecule has 0 bridgehead atoms. The van der Waals surface area contributed by atoms with E-state index in [0.29, 0.717) is 17.7 Å². The maximum absolute atomic E-state index is 13.2. The molecule has 1 N–H and O–H groups in total. The Kier molecular flexibility index (Phi) is 2.41. The summed E-state index contributed by atoms with van der Waals surface area (Å²) in [5.41, 5.74) is 0.0572. The van der Waals surface area contributed by atoms with Gasteiger partial charge in [-0.2, -0.15) is 4.98 Å². The summed E-state index contributed by atoms with van der Waals surface area (Å²) in [6.45, 7) is 0.923. The van der Waals surface area contributed by atoms with Gasteiger partial charge in [-0.15, -0.1) is 0 Å². The number of fused-ring (bicyclic) bond motifs is 1. The van der Waals surface area contributed by atoms with Crippen molar-refractivity contribution in [3.63, 3.8) is 0 Å². The fraction of sp³-hybridized carbons (Fsp3) is 0.385. The number of halogens is 3. The van der Waals surface area contributed by atoms with Gasteiger partial charge in [0.25, 0.3) is 0 Å². The summed E-state index contributed by atoms with van der Waals surface area (Å²) >= 11 is 0. The lowest BCUT2D eigenvalue weighted by atomic mass is 10.2. The maximum Gasteiger partial charge on any atom is 0.244 e. The zero-order valence-corrected chi connectivity index (χ0v) is 10.2. The van der Waals surface area contributed by atoms with Crippen LogP contribution >= 0.6 is 0 Å². The Morgan fingerprint density at radius 2 is 1.95 bits per heavy atom. The van der Waals surface area contributed by atoms with Crippen molar-refractivity contribution < 1.29 is 17.7 Å². The minimum Gasteiger partial charge on any atom is -0.337 e. The van der Waals surface area contributed by atoms with Crippen molar-refractivity contribution in [1.29, 1.82) is 0 Å². The third-order valence-corrected chi connectivity index (χ3v) is 3.96. The first kappa shape index (κ1) is 11.9. The number of rotatable bonds is 2. The summed E-state index contributed by atoms with van der Waals surface area (Å²) in [5, 5.41) is 6.98. The van der Waals surface area contributed by atoms with Crippen LogP contribution in [0.15, 0.2) is 16.7 Å². The van der Waals surface area contributed by atoms with E-state index in [1.807, 2.05) is 0 Å². The topological polar surface area (TPSA) is 51.0 Å². The van der Waals surface area contributed by atoms with Crippen LogP contribution in [0, 0.1) is 29.3 Å². The number of nitrogens with zero attached hydrogens (tertiary/aromatic N) is 2. The molecule has 1 saturated carbocycles. The Morgan fingerprint density at radius 1 is 1.20 bits per heavy atom. The van der Waals surface area contributed by atoms with Crippen molar-refractivity contribution in [3.8, 4) is 11.4 Å². The highest BCUT2D eigenvalue weighted by Crippen LogP contribution is 2.51. The number of nitrogens with one attached hydrogen (secondary N) is 1. The number of benzene rings is 1. The molecule has 7 heteroatoms. The second-order valence-corrected chi connectivity index (χ2v) is 5.26. The van der Waals surface area contributed by atoms with Crippen molar-refractivity contribution in [2.75, 3.05) is 6.54 Å². The molecule has 2 aliphatic rings. The van der Waals surface area contributed by atoms with E-state index in [0.717, 1.165) is 25.1 Å². The highest BCUT2D eigenvalue weighted by Gasteiger charge is 2.50. The van der Waals surface area contributed by atoms with E-state index >= 15 is 0 Å². The molecule has 1 aromatic heterocycles. The molecule has 0 radical (unpaired) electrons. The molecule has 3 atom stereocenters. The molecule has 2 fully saturated rings. The molecular formula is C13H10F3N3O. The smallest absolute Gasteiger partial charge is 0.244 e. The van der Waals surface area contributed by atoms with Crippen molar-refractivity contribution in [3.05, 3.63) is 35.5 Å². The van der Waals surface area contributed by atoms with Crippen LogP contribution in [0.3, 0.4) is 0 Å². The van der Waals surface area contributed by atoms with Gasteiger partial charge in [-0.05, 0) is 36.9 Å². The summed E-state index contributed by atoms with van der Waals surface area (Å²) in [6, 6.07) is 1.72. The third-order valence-electron chi connectivity index (χ3n) is 3.96. The molecule has 2 aromatic rings. The Morgan fingerprint density at radius 3 is 2.55 bits per heavy atom. The van der Waals surface area contributed by atoms with Crippen LogP contribution in [-0.2, 0) is 0 Å². The highest BCUT2D eigenvalue weighted by molar-refractivity contribution is 5.54. The fourth-order valence-electron chi connectivity index (χ4n) is 2.78. The minimum atomic E-state index is -1.50. The summed E-state index contributed by atoms with van der Waals surface area (Å²) in [7, 11) is 0. The van der Waals surface area contributed by atoms with E-state index in [2.05, 4.69) is 15.5 Å². The number of aromatic nitrogens is 2. The van der Waals surface area contributed by atoms with E-state index in [-0.39, 0.29) is 17.4 Å². The average molecular weight is 281 g/mol. The molecule has 20 heavy (non-hydrogen) atoms. The fourth-order valence-corrected chi connectivity index (χ4v) is 2.78. The molecule has 0 unspecified atom stereocenters. The lowest BCUT2D eigenvalue weighted by Crippen LogP contribution is -2.18. The Hall–Kier alpha value is -1.89. The van der Waals surface area contributed by atoms with Crippen LogP contribution in [0.4, 0.5) is 13.2 Å². The van der Waals surface area contributed by atoms with E-state index in [1.165, 1.54) is 0 Å². The second kappa shape index (κ2) is 4.05. The van der Waals surface area contributed by atoms with Gasteiger partial charge in [-0.3, -0.25) is 0 Å². The molecule has 2 heterocycles. The van der Waals surface area contributed by atoms with Crippen molar-refractivity contribution in [2.45, 2.75) is 12.5 Å². The first-order valence-corrected chi connectivity index (χ1v) is 6.35. The lowest BCUT2D eigenvalue weighted by Gasteiger charge is -2.06. The van der Waals surface area contributed by atoms with Crippen LogP contribution in [-0.4, -0.2) is 16.7 Å². The molecular weight excluding hydrogens is 271 g/mol. The van der Waals surface area contributed by atoms with Gasteiger partial charge in [-0.25, -0.2) is 13.2 Å². The van der Waals surface area contributed by atoms with E-state index in [9.17, 15) is 13.2 Å². The SMILES string of the molecule is Fc1cc(-c2noc([C@@H]3NC[C@@H]4C[C@@H]43)n2)cc(F)c1F. The molecule has 4 rings (SSSR count). The van der Waals surface area contributed by atoms with Gasteiger partial charge in [0.05, 0.1) is 6.04 Å². The van der Waals surface area contributed by atoms with Gasteiger partial charge in [0.1, 0.15) is 0 Å². The van der Waals surface area contributed by atoms with E-state index in [4.69, 9.17) is 4.52 Å². The Bertz CT molecular complexity index is 664. The number of hydrogen-bond acceptors (Lipinski definition) is 4. The van der Waals surface area contributed by atoms with Crippen LogP contribution in [0.25, 0.3) is 11.4 Å². The molecule has 1 aliphatic carbocycles. The normalized spacial score (nSPS) is 27.6. The molecule has 0 amide bonds. The van der Waals surface area contributed by atoms with Gasteiger partial charge in [-0.1, -0.05) is 5.16 Å². The monoisotopic (exact) mass is 281 g/mol. The van der Waals surface area contributed by atoms with Crippen LogP contribution in [0.2, 0.25) is 0 Å². The van der Waals surface area contributed by atoms with Crippen LogP contribution in [0.1, 0.15) is 18.4 Å². The van der Waals surface area contributed by atoms with Gasteiger partial charge < -0.3 is 9.84 Å². The van der Waals surface area contributed by atoms with Gasteiger partial charge >= 0.3 is 0 Å². The molecule has 1 saturated heterocycles. The summed E-state index contributed by atoms with van der Waals surface area (Å²) < 4.78 is 44.4. The van der Waals surface area contributed by atoms with Gasteiger partial charge in [0.15, 0.2) is 17.5 Å². The molecule has 1 aliphatic heterocycles. The maximum atomic E-state index is 13.2. The molecule has 4 nitrogen and oxygen atoms in total. The zero-order valence-electron chi connectivity index (χ0n) is 10.2. The first-order valence-electron chi connectivity index (χ1n) is 6.35. The quantitative estimate of drug-likeness (QED) is 0.859. The summed E-state index contributed by atoms with van der Waals surface area (Å²) in [5.74, 6) is -2.41. The summed E-state index contributed by atoms with van der Waals surface area (Å²) in [6.07, 6.45) is 1.13. The zero-order chi connectivity index (χ0) is 13.9. The van der Waals surface area contributed by atoms with Gasteiger partial charge in [0, 0.05) is 5.56 Å². The summed E-state index contributed by atoms with van der Waals surface area (Å²) in [4.78, 5) is 4.16. The first-order chi connectivity index (χ1) is 9.63. The Balaban J connectivity index is 1.67. The van der Waals surface area contributed by atoms with E-state index in [1.54, 1.807) is 0 Å². The number of hydrogen-bond donors (Lipinski definition) is 1. The lowest BCUT2D eigenvalue weighted by molar-refractivity contribution is 0.331. The van der Waals surface area contributed by atoms with Crippen LogP contribution in [0.5, 0.6) is 0 Å². The molecule has 1 aromatic carbocycles. The van der Waals surface area contributed by atoms with Gasteiger partial charge in [0.2, 0.25) is 11.7 Å². The number of piperidine rings is 1. The predicted octanol–water partition coefficient (Wildman–Crippen LogP) is 2.43. The van der Waals surface area contributed by atoms with Crippen molar-refractivity contribution in [2.24, 2.45) is 11.8 Å². The molecule has 0 spiro atoms. The van der Waals surface area contributed by atoms with Crippen LogP contribution < -0.4 is 5.32 Å². The standard InChI is InChI=1S/C13H10F3N3O/c14-8-2-5(3-9(15)10(8)16)12-18-13(20-19-12)11-7-1-6(7)4-17-11/h2-3,6-7,11,17H,1,4H2/t6-,7-,11+/m0/s1. The highest BCUT2D eigenvalue weighted by atomic mass is 19.2.